The van der Waals surface area contributed by atoms with E-state index in [1.54, 1.807) is 18.2 Å². The number of ketones is 1. The van der Waals surface area contributed by atoms with Gasteiger partial charge in [0.15, 0.2) is 5.78 Å². The molecule has 2 aromatic carbocycles. The Bertz CT molecular complexity index is 920. The summed E-state index contributed by atoms with van der Waals surface area (Å²) in [5.74, 6) is 0.0605. The largest absolute Gasteiger partial charge is 0.326 e. The highest BCUT2D eigenvalue weighted by molar-refractivity contribution is 5.96. The first-order valence-corrected chi connectivity index (χ1v) is 12.3. The number of carbonyl (C=O) groups excluding carboxylic acids is 2. The van der Waals surface area contributed by atoms with E-state index in [0.717, 1.165) is 63.8 Å². The van der Waals surface area contributed by atoms with Gasteiger partial charge in [-0.3, -0.25) is 9.59 Å². The van der Waals surface area contributed by atoms with Crippen molar-refractivity contribution in [1.82, 2.24) is 4.90 Å². The summed E-state index contributed by atoms with van der Waals surface area (Å²) in [6, 6.07) is 14.5. The number of nitrogens with zero attached hydrogens (tertiary/aromatic N) is 1. The molecule has 5 heteroatoms. The monoisotopic (exact) mass is 452 g/mol. The molecule has 1 heterocycles. The molecule has 0 aromatic heterocycles. The molecule has 178 valence electrons. The van der Waals surface area contributed by atoms with Gasteiger partial charge in [0.25, 0.3) is 0 Å². The predicted octanol–water partition coefficient (Wildman–Crippen LogP) is 6.43. The number of piperidine rings is 1. The Morgan fingerprint density at radius 3 is 2.45 bits per heavy atom. The van der Waals surface area contributed by atoms with Gasteiger partial charge in [0.2, 0.25) is 5.91 Å². The van der Waals surface area contributed by atoms with E-state index in [9.17, 15) is 14.0 Å². The summed E-state index contributed by atoms with van der Waals surface area (Å²) in [7, 11) is 0. The lowest BCUT2D eigenvalue weighted by atomic mass is 9.89. The normalized spacial score (nSPS) is 15.0. The SMILES string of the molecule is CC(C)C(=O)Nc1cccc(C2CCN(CCCCCCC(=O)c3ccccc3F)CC2)c1. The zero-order chi connectivity index (χ0) is 23.6. The van der Waals surface area contributed by atoms with Gasteiger partial charge in [-0.05, 0) is 81.1 Å². The zero-order valence-corrected chi connectivity index (χ0v) is 20.0. The maximum atomic E-state index is 13.7. The molecule has 1 N–H and O–H groups in total. The minimum absolute atomic E-state index is 0.0238. The number of anilines is 1. The van der Waals surface area contributed by atoms with Gasteiger partial charge in [-0.2, -0.15) is 0 Å². The van der Waals surface area contributed by atoms with Gasteiger partial charge in [0.05, 0.1) is 5.56 Å². The van der Waals surface area contributed by atoms with E-state index in [2.05, 4.69) is 22.3 Å². The van der Waals surface area contributed by atoms with Crippen molar-refractivity contribution in [3.05, 3.63) is 65.5 Å². The van der Waals surface area contributed by atoms with E-state index in [1.165, 1.54) is 11.6 Å². The van der Waals surface area contributed by atoms with Gasteiger partial charge >= 0.3 is 0 Å². The molecule has 1 saturated heterocycles. The van der Waals surface area contributed by atoms with Crippen LogP contribution in [-0.4, -0.2) is 36.2 Å². The van der Waals surface area contributed by atoms with Gasteiger partial charge in [0, 0.05) is 18.0 Å². The topological polar surface area (TPSA) is 49.4 Å². The summed E-state index contributed by atoms with van der Waals surface area (Å²) in [6.45, 7) is 7.09. The van der Waals surface area contributed by atoms with Crippen LogP contribution >= 0.6 is 0 Å². The molecule has 1 amide bonds. The lowest BCUT2D eigenvalue weighted by molar-refractivity contribution is -0.118. The zero-order valence-electron chi connectivity index (χ0n) is 20.0. The fraction of sp³-hybridized carbons (Fsp3) is 0.500. The summed E-state index contributed by atoms with van der Waals surface area (Å²) in [6.07, 6.45) is 6.75. The van der Waals surface area contributed by atoms with Crippen LogP contribution in [0.25, 0.3) is 0 Å². The van der Waals surface area contributed by atoms with Crippen molar-refractivity contribution in [2.24, 2.45) is 5.92 Å². The molecule has 0 unspecified atom stereocenters. The average Bonchev–Trinajstić information content (AvgIpc) is 2.82. The summed E-state index contributed by atoms with van der Waals surface area (Å²) in [4.78, 5) is 26.6. The highest BCUT2D eigenvalue weighted by Gasteiger charge is 2.21. The number of benzene rings is 2. The van der Waals surface area contributed by atoms with Crippen LogP contribution in [0.5, 0.6) is 0 Å². The molecule has 4 nitrogen and oxygen atoms in total. The Morgan fingerprint density at radius 2 is 1.73 bits per heavy atom. The molecule has 3 rings (SSSR count). The maximum Gasteiger partial charge on any atom is 0.226 e. The molecule has 0 aliphatic carbocycles. The van der Waals surface area contributed by atoms with Crippen LogP contribution in [0.2, 0.25) is 0 Å². The number of hydrogen-bond acceptors (Lipinski definition) is 3. The lowest BCUT2D eigenvalue weighted by Gasteiger charge is -2.32. The minimum Gasteiger partial charge on any atom is -0.326 e. The number of nitrogens with one attached hydrogen (secondary N) is 1. The predicted molar refractivity (Wildman–Crippen MR) is 132 cm³/mol. The Kier molecular flexibility index (Phi) is 9.61. The van der Waals surface area contributed by atoms with E-state index in [4.69, 9.17) is 0 Å². The molecule has 0 atom stereocenters. The molecule has 0 saturated carbocycles. The van der Waals surface area contributed by atoms with E-state index < -0.39 is 5.82 Å². The van der Waals surface area contributed by atoms with Crippen molar-refractivity contribution in [2.45, 2.75) is 64.7 Å². The van der Waals surface area contributed by atoms with Crippen LogP contribution in [0.4, 0.5) is 10.1 Å². The summed E-state index contributed by atoms with van der Waals surface area (Å²) < 4.78 is 13.7. The van der Waals surface area contributed by atoms with Crippen LogP contribution in [0.1, 0.15) is 80.6 Å². The van der Waals surface area contributed by atoms with Crippen molar-refractivity contribution in [2.75, 3.05) is 25.0 Å². The standard InChI is InChI=1S/C28H37FN2O2/c1-21(2)28(33)30-24-11-9-10-23(20-24)22-15-18-31(19-16-22)17-8-4-3-5-14-27(32)25-12-6-7-13-26(25)29/h6-7,9-13,20-22H,3-5,8,14-19H2,1-2H3,(H,30,33). The van der Waals surface area contributed by atoms with Crippen molar-refractivity contribution in [3.8, 4) is 0 Å². The summed E-state index contributed by atoms with van der Waals surface area (Å²) in [5.41, 5.74) is 2.42. The van der Waals surface area contributed by atoms with Crippen molar-refractivity contribution in [3.63, 3.8) is 0 Å². The molecule has 0 spiro atoms. The van der Waals surface area contributed by atoms with E-state index in [1.807, 2.05) is 26.0 Å². The second-order valence-corrected chi connectivity index (χ2v) is 9.45. The summed E-state index contributed by atoms with van der Waals surface area (Å²) >= 11 is 0. The first-order chi connectivity index (χ1) is 15.9. The van der Waals surface area contributed by atoms with Crippen LogP contribution in [0, 0.1) is 11.7 Å². The Morgan fingerprint density at radius 1 is 1.00 bits per heavy atom. The van der Waals surface area contributed by atoms with Gasteiger partial charge in [-0.15, -0.1) is 0 Å². The molecule has 1 aliphatic heterocycles. The Labute approximate surface area is 197 Å². The van der Waals surface area contributed by atoms with E-state index >= 15 is 0 Å². The molecule has 33 heavy (non-hydrogen) atoms. The molecule has 1 aliphatic rings. The first kappa shape index (κ1) is 25.1. The molecule has 1 fully saturated rings. The Hall–Kier alpha value is -2.53. The Balaban J connectivity index is 1.31. The molecular weight excluding hydrogens is 415 g/mol. The van der Waals surface area contributed by atoms with E-state index in [-0.39, 0.29) is 23.2 Å². The van der Waals surface area contributed by atoms with Gasteiger partial charge < -0.3 is 10.2 Å². The van der Waals surface area contributed by atoms with Crippen molar-refractivity contribution < 1.29 is 14.0 Å². The number of hydrogen-bond donors (Lipinski definition) is 1. The maximum absolute atomic E-state index is 13.7. The van der Waals surface area contributed by atoms with Crippen LogP contribution < -0.4 is 5.32 Å². The van der Waals surface area contributed by atoms with Gasteiger partial charge in [0.1, 0.15) is 5.82 Å². The van der Waals surface area contributed by atoms with Crippen LogP contribution in [0.15, 0.2) is 48.5 Å². The number of unbranched alkanes of at least 4 members (excludes halogenated alkanes) is 3. The highest BCUT2D eigenvalue weighted by Crippen LogP contribution is 2.30. The summed E-state index contributed by atoms with van der Waals surface area (Å²) in [5, 5.41) is 3.00. The van der Waals surface area contributed by atoms with E-state index in [0.29, 0.717) is 12.3 Å². The third-order valence-corrected chi connectivity index (χ3v) is 6.54. The average molecular weight is 453 g/mol. The number of likely N-dealkylation sites (tertiary alicyclic amines) is 1. The smallest absolute Gasteiger partial charge is 0.226 e. The first-order valence-electron chi connectivity index (χ1n) is 12.3. The number of carbonyl (C=O) groups is 2. The van der Waals surface area contributed by atoms with Crippen LogP contribution in [-0.2, 0) is 4.79 Å². The fourth-order valence-corrected chi connectivity index (χ4v) is 4.44. The van der Waals surface area contributed by atoms with Gasteiger partial charge in [-0.25, -0.2) is 4.39 Å². The lowest BCUT2D eigenvalue weighted by Crippen LogP contribution is -2.33. The highest BCUT2D eigenvalue weighted by atomic mass is 19.1. The fourth-order valence-electron chi connectivity index (χ4n) is 4.44. The van der Waals surface area contributed by atoms with Gasteiger partial charge in [-0.1, -0.05) is 51.0 Å². The van der Waals surface area contributed by atoms with Crippen LogP contribution in [0.3, 0.4) is 0 Å². The number of amides is 1. The number of rotatable bonds is 11. The molecule has 0 bridgehead atoms. The quantitative estimate of drug-likeness (QED) is 0.316. The molecule has 0 radical (unpaired) electrons. The third kappa shape index (κ3) is 7.78. The molecule has 2 aromatic rings. The number of Topliss-reactive ketones (excluding diaryl/α,β-unsaturated/α-hetero) is 1. The minimum atomic E-state index is -0.419. The number of halogens is 1. The third-order valence-electron chi connectivity index (χ3n) is 6.54. The second kappa shape index (κ2) is 12.6. The van der Waals surface area contributed by atoms with Crippen molar-refractivity contribution in [1.29, 1.82) is 0 Å². The second-order valence-electron chi connectivity index (χ2n) is 9.45. The van der Waals surface area contributed by atoms with Crippen molar-refractivity contribution >= 4 is 17.4 Å². The molecular formula is C28H37FN2O2.